The van der Waals surface area contributed by atoms with E-state index < -0.39 is 0 Å². The lowest BCUT2D eigenvalue weighted by atomic mass is 9.87. The third-order valence-corrected chi connectivity index (χ3v) is 9.49. The van der Waals surface area contributed by atoms with Crippen molar-refractivity contribution in [2.24, 2.45) is 11.8 Å². The number of nitrogens with zero attached hydrogens (tertiary/aromatic N) is 2. The molecule has 2 atom stereocenters. The summed E-state index contributed by atoms with van der Waals surface area (Å²) in [5, 5.41) is 7.25. The second kappa shape index (κ2) is 12.2. The molecule has 2 unspecified atom stereocenters. The number of fused-ring (bicyclic) bond motifs is 1. The molecule has 200 valence electrons. The van der Waals surface area contributed by atoms with E-state index in [1.54, 1.807) is 12.1 Å². The minimum Gasteiger partial charge on any atom is -0.355 e. The predicted octanol–water partition coefficient (Wildman–Crippen LogP) is 5.90. The normalized spacial score (nSPS) is 22.5. The molecule has 37 heavy (non-hydrogen) atoms. The lowest BCUT2D eigenvalue weighted by molar-refractivity contribution is -0.123. The van der Waals surface area contributed by atoms with Gasteiger partial charge in [-0.3, -0.25) is 14.5 Å². The standard InChI is InChI=1S/C28H36ClFN4O2S/c29-22-9-5-10-23(30)21(22)17-34-13-12-19(16-34)15-31-27(36)20-8-4-11-24-26(20)33-28(37-24)32-25(35)14-18-6-2-1-3-7-18/h5,9-10,18-20H,1-4,6-8,11-17H2,(H,31,36)(H,32,33,35). The Morgan fingerprint density at radius 1 is 1.11 bits per heavy atom. The van der Waals surface area contributed by atoms with Crippen molar-refractivity contribution in [3.05, 3.63) is 45.2 Å². The van der Waals surface area contributed by atoms with E-state index in [0.717, 1.165) is 62.2 Å². The number of rotatable bonds is 8. The highest BCUT2D eigenvalue weighted by Gasteiger charge is 2.32. The number of halogens is 2. The third kappa shape index (κ3) is 6.70. The monoisotopic (exact) mass is 546 g/mol. The Morgan fingerprint density at radius 3 is 2.76 bits per heavy atom. The number of nitrogens with one attached hydrogen (secondary N) is 2. The molecular weight excluding hydrogens is 511 g/mol. The molecule has 9 heteroatoms. The van der Waals surface area contributed by atoms with Crippen molar-refractivity contribution in [2.45, 2.75) is 76.7 Å². The van der Waals surface area contributed by atoms with Crippen molar-refractivity contribution in [1.29, 1.82) is 0 Å². The van der Waals surface area contributed by atoms with E-state index in [1.807, 2.05) is 0 Å². The van der Waals surface area contributed by atoms with Crippen molar-refractivity contribution in [2.75, 3.05) is 25.0 Å². The van der Waals surface area contributed by atoms with Crippen LogP contribution in [0.3, 0.4) is 0 Å². The summed E-state index contributed by atoms with van der Waals surface area (Å²) in [4.78, 5) is 33.8. The fourth-order valence-electron chi connectivity index (χ4n) is 6.05. The van der Waals surface area contributed by atoms with Crippen LogP contribution < -0.4 is 10.6 Å². The number of carbonyl (C=O) groups excluding carboxylic acids is 2. The van der Waals surface area contributed by atoms with Crippen LogP contribution in [0.4, 0.5) is 9.52 Å². The number of benzene rings is 1. The van der Waals surface area contributed by atoms with Crippen LogP contribution in [0.15, 0.2) is 18.2 Å². The smallest absolute Gasteiger partial charge is 0.229 e. The maximum atomic E-state index is 14.2. The quantitative estimate of drug-likeness (QED) is 0.432. The number of thiazole rings is 1. The van der Waals surface area contributed by atoms with Crippen LogP contribution >= 0.6 is 22.9 Å². The van der Waals surface area contributed by atoms with Crippen molar-refractivity contribution in [1.82, 2.24) is 15.2 Å². The van der Waals surface area contributed by atoms with Gasteiger partial charge in [0.2, 0.25) is 11.8 Å². The molecule has 2 amide bonds. The first-order valence-electron chi connectivity index (χ1n) is 13.7. The van der Waals surface area contributed by atoms with Crippen LogP contribution in [0.5, 0.6) is 0 Å². The zero-order chi connectivity index (χ0) is 25.8. The molecule has 0 bridgehead atoms. The Morgan fingerprint density at radius 2 is 1.95 bits per heavy atom. The predicted molar refractivity (Wildman–Crippen MR) is 145 cm³/mol. The zero-order valence-electron chi connectivity index (χ0n) is 21.2. The van der Waals surface area contributed by atoms with Crippen molar-refractivity contribution < 1.29 is 14.0 Å². The number of aromatic nitrogens is 1. The summed E-state index contributed by atoms with van der Waals surface area (Å²) in [7, 11) is 0. The summed E-state index contributed by atoms with van der Waals surface area (Å²) >= 11 is 7.72. The number of anilines is 1. The molecule has 2 N–H and O–H groups in total. The number of likely N-dealkylation sites (tertiary alicyclic amines) is 1. The molecule has 1 aromatic carbocycles. The highest BCUT2D eigenvalue weighted by molar-refractivity contribution is 7.15. The maximum Gasteiger partial charge on any atom is 0.229 e. The second-order valence-corrected chi connectivity index (χ2v) is 12.4. The minimum absolute atomic E-state index is 0.0157. The van der Waals surface area contributed by atoms with Gasteiger partial charge in [0.15, 0.2) is 5.13 Å². The fraction of sp³-hybridized carbons (Fsp3) is 0.607. The molecule has 2 aromatic rings. The summed E-state index contributed by atoms with van der Waals surface area (Å²) < 4.78 is 14.2. The highest BCUT2D eigenvalue weighted by atomic mass is 35.5. The van der Waals surface area contributed by atoms with E-state index in [1.165, 1.54) is 36.7 Å². The molecule has 2 heterocycles. The third-order valence-electron chi connectivity index (χ3n) is 8.09. The molecule has 6 nitrogen and oxygen atoms in total. The van der Waals surface area contributed by atoms with E-state index in [2.05, 4.69) is 15.5 Å². The van der Waals surface area contributed by atoms with E-state index in [0.29, 0.717) is 47.1 Å². The van der Waals surface area contributed by atoms with Crippen LogP contribution in [0, 0.1) is 17.7 Å². The summed E-state index contributed by atoms with van der Waals surface area (Å²) in [6.45, 7) is 2.74. The minimum atomic E-state index is -0.273. The van der Waals surface area contributed by atoms with Crippen LogP contribution in [0.25, 0.3) is 0 Å². The SMILES string of the molecule is O=C(CC1CCCCC1)Nc1nc2c(s1)CCCC2C(=O)NCC1CCN(Cc2c(F)cccc2Cl)C1. The lowest BCUT2D eigenvalue weighted by Crippen LogP contribution is -2.35. The maximum absolute atomic E-state index is 14.2. The summed E-state index contributed by atoms with van der Waals surface area (Å²) in [6, 6.07) is 4.79. The molecule has 1 aromatic heterocycles. The number of carbonyl (C=O) groups is 2. The zero-order valence-corrected chi connectivity index (χ0v) is 22.8. The average molecular weight is 547 g/mol. The lowest BCUT2D eigenvalue weighted by Gasteiger charge is -2.22. The summed E-state index contributed by atoms with van der Waals surface area (Å²) in [5.74, 6) is 0.326. The van der Waals surface area contributed by atoms with Gasteiger partial charge in [-0.15, -0.1) is 11.3 Å². The number of hydrogen-bond acceptors (Lipinski definition) is 5. The number of aryl methyl sites for hydroxylation is 1. The largest absolute Gasteiger partial charge is 0.355 e. The van der Waals surface area contributed by atoms with Crippen molar-refractivity contribution >= 4 is 39.9 Å². The van der Waals surface area contributed by atoms with Gasteiger partial charge in [0, 0.05) is 41.5 Å². The van der Waals surface area contributed by atoms with Gasteiger partial charge in [-0.05, 0) is 69.0 Å². The molecule has 1 saturated carbocycles. The van der Waals surface area contributed by atoms with Crippen molar-refractivity contribution in [3.8, 4) is 0 Å². The molecule has 5 rings (SSSR count). The number of hydrogen-bond donors (Lipinski definition) is 2. The topological polar surface area (TPSA) is 74.3 Å². The Hall–Kier alpha value is -2.03. The van der Waals surface area contributed by atoms with Gasteiger partial charge in [0.05, 0.1) is 11.6 Å². The Labute approximate surface area is 227 Å². The second-order valence-electron chi connectivity index (χ2n) is 10.9. The molecule has 1 aliphatic heterocycles. The van der Waals surface area contributed by atoms with Crippen LogP contribution in [0.1, 0.15) is 79.8 Å². The van der Waals surface area contributed by atoms with Gasteiger partial charge < -0.3 is 10.6 Å². The van der Waals surface area contributed by atoms with Crippen molar-refractivity contribution in [3.63, 3.8) is 0 Å². The Kier molecular flexibility index (Phi) is 8.78. The first kappa shape index (κ1) is 26.6. The molecule has 3 aliphatic rings. The molecule has 1 saturated heterocycles. The van der Waals surface area contributed by atoms with Gasteiger partial charge in [-0.2, -0.15) is 0 Å². The van der Waals surface area contributed by atoms with E-state index in [4.69, 9.17) is 16.6 Å². The Bertz CT molecular complexity index is 1100. The molecular formula is C28H36ClFN4O2S. The van der Waals surface area contributed by atoms with Gasteiger partial charge in [-0.25, -0.2) is 9.37 Å². The van der Waals surface area contributed by atoms with Crippen LogP contribution in [0.2, 0.25) is 5.02 Å². The van der Waals surface area contributed by atoms with Gasteiger partial charge in [-0.1, -0.05) is 36.9 Å². The molecule has 2 fully saturated rings. The van der Waals surface area contributed by atoms with Crippen LogP contribution in [-0.4, -0.2) is 41.3 Å². The Balaban J connectivity index is 1.12. The van der Waals surface area contributed by atoms with Gasteiger partial charge >= 0.3 is 0 Å². The molecule has 2 aliphatic carbocycles. The first-order chi connectivity index (χ1) is 18.0. The van der Waals surface area contributed by atoms with Crippen LogP contribution in [-0.2, 0) is 22.6 Å². The average Bonchev–Trinajstić information content (AvgIpc) is 3.51. The van der Waals surface area contributed by atoms with E-state index in [9.17, 15) is 14.0 Å². The highest BCUT2D eigenvalue weighted by Crippen LogP contribution is 2.37. The van der Waals surface area contributed by atoms with E-state index in [-0.39, 0.29) is 23.5 Å². The van der Waals surface area contributed by atoms with Gasteiger partial charge in [0.25, 0.3) is 0 Å². The number of amides is 2. The first-order valence-corrected chi connectivity index (χ1v) is 14.9. The van der Waals surface area contributed by atoms with E-state index >= 15 is 0 Å². The summed E-state index contributed by atoms with van der Waals surface area (Å²) in [6.07, 6.45) is 10.2. The fourth-order valence-corrected chi connectivity index (χ4v) is 7.35. The molecule has 0 radical (unpaired) electrons. The summed E-state index contributed by atoms with van der Waals surface area (Å²) in [5.41, 5.74) is 1.37. The molecule has 0 spiro atoms. The van der Waals surface area contributed by atoms with Gasteiger partial charge in [0.1, 0.15) is 5.82 Å².